The molecule has 64 valence electrons. The molecule has 0 amide bonds. The summed E-state index contributed by atoms with van der Waals surface area (Å²) in [5.74, 6) is 0. The standard InChI is InChI=1S/C9H11O2P/c1-8-7-10-12(11-8)9-5-3-2-4-6-9/h2-6,8H,7H2,1H3/t8-,12-/m0/s1. The second-order valence-electron chi connectivity index (χ2n) is 2.80. The van der Waals surface area contributed by atoms with E-state index >= 15 is 0 Å². The Kier molecular flexibility index (Phi) is 2.40. The molecule has 0 saturated carbocycles. The van der Waals surface area contributed by atoms with Gasteiger partial charge in [-0.1, -0.05) is 18.2 Å². The van der Waals surface area contributed by atoms with Gasteiger partial charge in [0.25, 0.3) is 0 Å². The minimum atomic E-state index is -0.780. The van der Waals surface area contributed by atoms with Crippen LogP contribution in [0.15, 0.2) is 30.3 Å². The molecular formula is C9H11O2P. The lowest BCUT2D eigenvalue weighted by molar-refractivity contribution is 0.262. The molecule has 2 nitrogen and oxygen atoms in total. The van der Waals surface area contributed by atoms with Gasteiger partial charge in [0.2, 0.25) is 8.38 Å². The Balaban J connectivity index is 2.11. The summed E-state index contributed by atoms with van der Waals surface area (Å²) < 4.78 is 11.1. The molecule has 0 aliphatic carbocycles. The van der Waals surface area contributed by atoms with Crippen LogP contribution in [0.4, 0.5) is 0 Å². The molecule has 12 heavy (non-hydrogen) atoms. The van der Waals surface area contributed by atoms with E-state index in [9.17, 15) is 0 Å². The van der Waals surface area contributed by atoms with E-state index in [1.54, 1.807) is 0 Å². The molecule has 0 unspecified atom stereocenters. The van der Waals surface area contributed by atoms with E-state index in [4.69, 9.17) is 9.05 Å². The molecule has 3 heteroatoms. The van der Waals surface area contributed by atoms with Gasteiger partial charge in [-0.2, -0.15) is 0 Å². The molecule has 1 aliphatic rings. The third kappa shape index (κ3) is 1.66. The van der Waals surface area contributed by atoms with Crippen molar-refractivity contribution in [3.8, 4) is 0 Å². The predicted molar refractivity (Wildman–Crippen MR) is 49.5 cm³/mol. The van der Waals surface area contributed by atoms with Crippen molar-refractivity contribution in [1.82, 2.24) is 0 Å². The number of hydrogen-bond donors (Lipinski definition) is 0. The topological polar surface area (TPSA) is 18.5 Å². The highest BCUT2D eigenvalue weighted by Gasteiger charge is 2.24. The maximum absolute atomic E-state index is 5.59. The van der Waals surface area contributed by atoms with E-state index in [1.165, 1.54) is 0 Å². The third-order valence-corrected chi connectivity index (χ3v) is 3.32. The summed E-state index contributed by atoms with van der Waals surface area (Å²) in [4.78, 5) is 0. The Labute approximate surface area is 73.4 Å². The molecule has 0 bridgehead atoms. The zero-order chi connectivity index (χ0) is 8.39. The third-order valence-electron chi connectivity index (χ3n) is 1.67. The van der Waals surface area contributed by atoms with E-state index in [0.29, 0.717) is 0 Å². The minimum absolute atomic E-state index is 0.247. The second kappa shape index (κ2) is 3.53. The average molecular weight is 182 g/mol. The molecule has 1 aliphatic heterocycles. The van der Waals surface area contributed by atoms with Gasteiger partial charge < -0.3 is 9.05 Å². The number of benzene rings is 1. The smallest absolute Gasteiger partial charge is 0.205 e. The van der Waals surface area contributed by atoms with Crippen molar-refractivity contribution >= 4 is 13.7 Å². The van der Waals surface area contributed by atoms with Crippen LogP contribution >= 0.6 is 8.38 Å². The highest BCUT2D eigenvalue weighted by Crippen LogP contribution is 2.43. The fourth-order valence-corrected chi connectivity index (χ4v) is 2.56. The van der Waals surface area contributed by atoms with Gasteiger partial charge in [-0.15, -0.1) is 0 Å². The maximum Gasteiger partial charge on any atom is 0.205 e. The van der Waals surface area contributed by atoms with Crippen molar-refractivity contribution in [3.63, 3.8) is 0 Å². The summed E-state index contributed by atoms with van der Waals surface area (Å²) in [6.07, 6.45) is 0.247. The molecule has 0 radical (unpaired) electrons. The van der Waals surface area contributed by atoms with Gasteiger partial charge in [0, 0.05) is 5.30 Å². The molecule has 0 aromatic heterocycles. The molecule has 1 aromatic carbocycles. The van der Waals surface area contributed by atoms with Crippen LogP contribution in [0, 0.1) is 0 Å². The first-order valence-corrected chi connectivity index (χ1v) is 5.19. The monoisotopic (exact) mass is 182 g/mol. The summed E-state index contributed by atoms with van der Waals surface area (Å²) in [6.45, 7) is 2.76. The molecule has 1 fully saturated rings. The van der Waals surface area contributed by atoms with Crippen LogP contribution in [0.5, 0.6) is 0 Å². The summed E-state index contributed by atoms with van der Waals surface area (Å²) >= 11 is 0. The number of hydrogen-bond acceptors (Lipinski definition) is 2. The van der Waals surface area contributed by atoms with Crippen molar-refractivity contribution in [2.75, 3.05) is 6.61 Å². The number of rotatable bonds is 1. The van der Waals surface area contributed by atoms with E-state index < -0.39 is 8.38 Å². The Morgan fingerprint density at radius 1 is 1.33 bits per heavy atom. The summed E-state index contributed by atoms with van der Waals surface area (Å²) in [5, 5.41) is 1.16. The molecule has 2 atom stereocenters. The zero-order valence-electron chi connectivity index (χ0n) is 6.93. The Morgan fingerprint density at radius 2 is 2.08 bits per heavy atom. The van der Waals surface area contributed by atoms with Crippen LogP contribution in [0.2, 0.25) is 0 Å². The first-order valence-electron chi connectivity index (χ1n) is 4.01. The van der Waals surface area contributed by atoms with Crippen LogP contribution in [-0.2, 0) is 9.05 Å². The van der Waals surface area contributed by atoms with Gasteiger partial charge in [-0.3, -0.25) is 0 Å². The van der Waals surface area contributed by atoms with Crippen molar-refractivity contribution in [2.24, 2.45) is 0 Å². The Hall–Kier alpha value is -0.430. The molecule has 1 heterocycles. The van der Waals surface area contributed by atoms with Crippen molar-refractivity contribution in [3.05, 3.63) is 30.3 Å². The van der Waals surface area contributed by atoms with Crippen LogP contribution < -0.4 is 5.30 Å². The van der Waals surface area contributed by atoms with Gasteiger partial charge in [0.1, 0.15) is 0 Å². The van der Waals surface area contributed by atoms with Crippen LogP contribution in [0.25, 0.3) is 0 Å². The highest BCUT2D eigenvalue weighted by molar-refractivity contribution is 7.56. The van der Waals surface area contributed by atoms with Gasteiger partial charge in [-0.05, 0) is 19.1 Å². The minimum Gasteiger partial charge on any atom is -0.328 e. The van der Waals surface area contributed by atoms with Crippen molar-refractivity contribution in [1.29, 1.82) is 0 Å². The first-order chi connectivity index (χ1) is 5.86. The predicted octanol–water partition coefficient (Wildman–Crippen LogP) is 2.06. The SMILES string of the molecule is C[C@H]1CO[P@](c2ccccc2)O1. The van der Waals surface area contributed by atoms with Gasteiger partial charge in [0.15, 0.2) is 0 Å². The molecule has 1 saturated heterocycles. The van der Waals surface area contributed by atoms with E-state index in [2.05, 4.69) is 0 Å². The fourth-order valence-electron chi connectivity index (χ4n) is 1.08. The lowest BCUT2D eigenvalue weighted by atomic mass is 10.4. The summed E-state index contributed by atoms with van der Waals surface area (Å²) in [6, 6.07) is 10.1. The van der Waals surface area contributed by atoms with Crippen LogP contribution in [-0.4, -0.2) is 12.7 Å². The fraction of sp³-hybridized carbons (Fsp3) is 0.333. The lowest BCUT2D eigenvalue weighted by Gasteiger charge is -2.07. The summed E-state index contributed by atoms with van der Waals surface area (Å²) in [7, 11) is -0.780. The molecule has 1 aromatic rings. The molecule has 0 N–H and O–H groups in total. The van der Waals surface area contributed by atoms with E-state index in [0.717, 1.165) is 11.9 Å². The zero-order valence-corrected chi connectivity index (χ0v) is 7.83. The molecule has 2 rings (SSSR count). The highest BCUT2D eigenvalue weighted by atomic mass is 31.2. The lowest BCUT2D eigenvalue weighted by Crippen LogP contribution is -2.01. The quantitative estimate of drug-likeness (QED) is 0.619. The molecular weight excluding hydrogens is 171 g/mol. The summed E-state index contributed by atoms with van der Waals surface area (Å²) in [5.41, 5.74) is 0. The largest absolute Gasteiger partial charge is 0.328 e. The molecule has 0 spiro atoms. The van der Waals surface area contributed by atoms with E-state index in [-0.39, 0.29) is 6.10 Å². The maximum atomic E-state index is 5.59. The second-order valence-corrected chi connectivity index (χ2v) is 4.30. The van der Waals surface area contributed by atoms with Gasteiger partial charge >= 0.3 is 0 Å². The van der Waals surface area contributed by atoms with Crippen LogP contribution in [0.1, 0.15) is 6.92 Å². The normalized spacial score (nSPS) is 29.1. The van der Waals surface area contributed by atoms with E-state index in [1.807, 2.05) is 37.3 Å². The van der Waals surface area contributed by atoms with Crippen molar-refractivity contribution < 1.29 is 9.05 Å². The van der Waals surface area contributed by atoms with Gasteiger partial charge in [0.05, 0.1) is 12.7 Å². The van der Waals surface area contributed by atoms with Crippen molar-refractivity contribution in [2.45, 2.75) is 13.0 Å². The van der Waals surface area contributed by atoms with Gasteiger partial charge in [-0.25, -0.2) is 0 Å². The first kappa shape index (κ1) is 8.18. The van der Waals surface area contributed by atoms with Crippen LogP contribution in [0.3, 0.4) is 0 Å². The Bertz CT molecular complexity index is 250. The average Bonchev–Trinajstić information content (AvgIpc) is 2.54. The Morgan fingerprint density at radius 3 is 2.67 bits per heavy atom.